The molecule has 0 aliphatic heterocycles. The van der Waals surface area contributed by atoms with Gasteiger partial charge in [-0.05, 0) is 32.2 Å². The molecule has 28 heavy (non-hydrogen) atoms. The molecule has 9 heteroatoms. The van der Waals surface area contributed by atoms with Crippen LogP contribution in [0.1, 0.15) is 44.2 Å². The molecule has 0 heterocycles. The molecule has 0 spiro atoms. The predicted molar refractivity (Wildman–Crippen MR) is 116 cm³/mol. The van der Waals surface area contributed by atoms with Gasteiger partial charge in [0.2, 0.25) is 5.91 Å². The van der Waals surface area contributed by atoms with Crippen LogP contribution in [0.15, 0.2) is 24.3 Å². The van der Waals surface area contributed by atoms with E-state index in [9.17, 15) is 9.59 Å². The first kappa shape index (κ1) is 33.2. The Bertz CT molecular complexity index is 468. The summed E-state index contributed by atoms with van der Waals surface area (Å²) in [5.74, 6) is 0.145. The molecule has 1 rings (SSSR count). The van der Waals surface area contributed by atoms with E-state index in [2.05, 4.69) is 61.4 Å². The lowest BCUT2D eigenvalue weighted by Gasteiger charge is -1.94. The van der Waals surface area contributed by atoms with Crippen molar-refractivity contribution in [2.24, 2.45) is 5.73 Å². The fourth-order valence-corrected chi connectivity index (χ4v) is 1.29. The summed E-state index contributed by atoms with van der Waals surface area (Å²) in [5, 5.41) is 19.9. The van der Waals surface area contributed by atoms with Crippen LogP contribution in [0.4, 0.5) is 4.79 Å². The van der Waals surface area contributed by atoms with Gasteiger partial charge in [0.1, 0.15) is 6.79 Å². The van der Waals surface area contributed by atoms with Gasteiger partial charge < -0.3 is 31.2 Å². The average molecular weight is 399 g/mol. The first-order valence-corrected chi connectivity index (χ1v) is 9.02. The minimum absolute atomic E-state index is 0.145. The van der Waals surface area contributed by atoms with E-state index in [1.807, 2.05) is 6.79 Å². The molecule has 8 nitrogen and oxygen atoms in total. The molecule has 6 N–H and O–H groups in total. The number of primary amides is 1. The number of unbranched alkanes of at least 4 members (excludes halogenated alkanes) is 1. The van der Waals surface area contributed by atoms with Crippen LogP contribution < -0.4 is 16.4 Å². The van der Waals surface area contributed by atoms with Crippen LogP contribution in [-0.4, -0.2) is 50.0 Å². The highest BCUT2D eigenvalue weighted by Gasteiger charge is 1.92. The number of nitrogens with two attached hydrogens (primary N) is 1. The van der Waals surface area contributed by atoms with Gasteiger partial charge in [-0.3, -0.25) is 4.79 Å². The maximum atomic E-state index is 10.5. The number of urea groups is 1. The van der Waals surface area contributed by atoms with Crippen molar-refractivity contribution in [2.45, 2.75) is 53.3 Å². The van der Waals surface area contributed by atoms with Crippen LogP contribution in [0.5, 0.6) is 0 Å². The van der Waals surface area contributed by atoms with Gasteiger partial charge in [-0.2, -0.15) is 0 Å². The Morgan fingerprint density at radius 1 is 1.07 bits per heavy atom. The Morgan fingerprint density at radius 3 is 1.71 bits per heavy atom. The van der Waals surface area contributed by atoms with E-state index in [1.54, 1.807) is 7.05 Å². The van der Waals surface area contributed by atoms with E-state index in [0.717, 1.165) is 19.3 Å². The Kier molecular flexibility index (Phi) is 31.8. The minimum atomic E-state index is -1.17. The molecule has 0 atom stereocenters. The Hall–Kier alpha value is -2.39. The molecule has 0 saturated heterocycles. The topological polar surface area (TPSA) is 142 Å². The number of carbonyl (C=O) groups is 3. The standard InChI is InChI=1S/C9H12.C6H13NO.C2H6N2O.CH5BO2.CH2O/c1-3-9-6-4-8(2)5-7-9;1-3-4-5-6(8)7-2;1-4-2(3)5;1-2(3)4;1-2/h4-7H,3H2,1-2H3;3-5H2,1-2H3,(H,7,8);1H3,(H3,3,4,5);3-4H,1H3;1H2. The van der Waals surface area contributed by atoms with Crippen molar-refractivity contribution in [2.75, 3.05) is 14.1 Å². The third-order valence-electron chi connectivity index (χ3n) is 2.81. The number of aryl methyl sites for hydroxylation is 2. The van der Waals surface area contributed by atoms with Gasteiger partial charge in [-0.15, -0.1) is 0 Å². The summed E-state index contributed by atoms with van der Waals surface area (Å²) < 4.78 is 0. The summed E-state index contributed by atoms with van der Waals surface area (Å²) in [6, 6.07) is 8.16. The number of amides is 3. The summed E-state index contributed by atoms with van der Waals surface area (Å²) in [6.07, 6.45) is 3.90. The van der Waals surface area contributed by atoms with Crippen LogP contribution >= 0.6 is 0 Å². The van der Waals surface area contributed by atoms with Gasteiger partial charge in [0.25, 0.3) is 0 Å². The molecule has 162 valence electrons. The van der Waals surface area contributed by atoms with E-state index in [1.165, 1.54) is 25.0 Å². The van der Waals surface area contributed by atoms with Gasteiger partial charge in [-0.1, -0.05) is 50.1 Å². The highest BCUT2D eigenvalue weighted by atomic mass is 16.4. The maximum absolute atomic E-state index is 10.5. The zero-order valence-electron chi connectivity index (χ0n) is 18.1. The van der Waals surface area contributed by atoms with Crippen molar-refractivity contribution in [1.29, 1.82) is 0 Å². The van der Waals surface area contributed by atoms with Crippen molar-refractivity contribution in [3.05, 3.63) is 35.4 Å². The van der Waals surface area contributed by atoms with Gasteiger partial charge in [-0.25, -0.2) is 4.79 Å². The van der Waals surface area contributed by atoms with E-state index in [0.29, 0.717) is 6.42 Å². The number of rotatable bonds is 4. The Balaban J connectivity index is -0.000000139. The molecule has 0 unspecified atom stereocenters. The van der Waals surface area contributed by atoms with Crippen molar-refractivity contribution >= 4 is 25.8 Å². The second-order valence-corrected chi connectivity index (χ2v) is 5.36. The third kappa shape index (κ3) is 38.9. The Morgan fingerprint density at radius 2 is 1.46 bits per heavy atom. The lowest BCUT2D eigenvalue weighted by molar-refractivity contribution is -0.120. The molecule has 0 aromatic heterocycles. The molecule has 0 fully saturated rings. The summed E-state index contributed by atoms with van der Waals surface area (Å²) in [6.45, 7) is 9.63. The number of benzene rings is 1. The van der Waals surface area contributed by atoms with Gasteiger partial charge in [0, 0.05) is 20.5 Å². The molecule has 1 aromatic carbocycles. The summed E-state index contributed by atoms with van der Waals surface area (Å²) >= 11 is 0. The first-order valence-electron chi connectivity index (χ1n) is 9.02. The first-order chi connectivity index (χ1) is 13.1. The van der Waals surface area contributed by atoms with Crippen LogP contribution in [0.2, 0.25) is 6.82 Å². The predicted octanol–water partition coefficient (Wildman–Crippen LogP) is 1.67. The van der Waals surface area contributed by atoms with Gasteiger partial charge in [0.05, 0.1) is 0 Å². The van der Waals surface area contributed by atoms with Crippen molar-refractivity contribution in [1.82, 2.24) is 10.6 Å². The summed E-state index contributed by atoms with van der Waals surface area (Å²) in [4.78, 5) is 27.9. The molecule has 0 aliphatic rings. The zero-order valence-corrected chi connectivity index (χ0v) is 18.1. The van der Waals surface area contributed by atoms with Gasteiger partial charge >= 0.3 is 13.1 Å². The molecule has 0 saturated carbocycles. The van der Waals surface area contributed by atoms with Crippen LogP contribution in [0, 0.1) is 6.92 Å². The number of hydrogen-bond donors (Lipinski definition) is 5. The van der Waals surface area contributed by atoms with Crippen molar-refractivity contribution < 1.29 is 24.4 Å². The average Bonchev–Trinajstić information content (AvgIpc) is 2.68. The van der Waals surface area contributed by atoms with E-state index >= 15 is 0 Å². The monoisotopic (exact) mass is 399 g/mol. The lowest BCUT2D eigenvalue weighted by Crippen LogP contribution is -2.24. The maximum Gasteiger partial charge on any atom is 0.448 e. The Labute approximate surface area is 170 Å². The molecule has 0 bridgehead atoms. The van der Waals surface area contributed by atoms with Crippen LogP contribution in [-0.2, 0) is 16.0 Å². The molecule has 0 aliphatic carbocycles. The quantitative estimate of drug-likeness (QED) is 0.490. The van der Waals surface area contributed by atoms with Crippen LogP contribution in [0.25, 0.3) is 0 Å². The fourth-order valence-electron chi connectivity index (χ4n) is 1.29. The summed E-state index contributed by atoms with van der Waals surface area (Å²) in [5.41, 5.74) is 7.30. The van der Waals surface area contributed by atoms with Gasteiger partial charge in [0.15, 0.2) is 0 Å². The van der Waals surface area contributed by atoms with E-state index in [4.69, 9.17) is 14.8 Å². The minimum Gasteiger partial charge on any atom is -0.427 e. The SMILES string of the molecule is C=O.CB(O)O.CCCCC(=O)NC.CCc1ccc(C)cc1.CNC(N)=O. The molecule has 0 radical (unpaired) electrons. The zero-order chi connectivity index (χ0) is 23.0. The number of hydrogen-bond acceptors (Lipinski definition) is 5. The molecular formula is C19H38BN3O5. The second kappa shape index (κ2) is 26.8. The highest BCUT2D eigenvalue weighted by molar-refractivity contribution is 6.38. The normalized spacial score (nSPS) is 7.86. The van der Waals surface area contributed by atoms with Crippen molar-refractivity contribution in [3.8, 4) is 0 Å². The van der Waals surface area contributed by atoms with E-state index in [-0.39, 0.29) is 5.91 Å². The number of nitrogens with one attached hydrogen (secondary N) is 2. The number of carbonyl (C=O) groups excluding carboxylic acids is 3. The molecular weight excluding hydrogens is 361 g/mol. The molecule has 3 amide bonds. The third-order valence-corrected chi connectivity index (χ3v) is 2.81. The fraction of sp³-hybridized carbons (Fsp3) is 0.526. The smallest absolute Gasteiger partial charge is 0.427 e. The second-order valence-electron chi connectivity index (χ2n) is 5.36. The highest BCUT2D eigenvalue weighted by Crippen LogP contribution is 2.02. The summed E-state index contributed by atoms with van der Waals surface area (Å²) in [7, 11) is 1.97. The molecule has 1 aromatic rings. The van der Waals surface area contributed by atoms with E-state index < -0.39 is 13.1 Å². The van der Waals surface area contributed by atoms with Crippen molar-refractivity contribution in [3.63, 3.8) is 0 Å². The lowest BCUT2D eigenvalue weighted by atomic mass is 9.99. The largest absolute Gasteiger partial charge is 0.448 e. The van der Waals surface area contributed by atoms with Crippen LogP contribution in [0.3, 0.4) is 0 Å².